The zero-order chi connectivity index (χ0) is 18.1. The van der Waals surface area contributed by atoms with E-state index < -0.39 is 0 Å². The number of piperidine rings is 1. The summed E-state index contributed by atoms with van der Waals surface area (Å²) in [5.74, 6) is 1.28. The molecule has 1 saturated heterocycles. The average Bonchev–Trinajstić information content (AvgIpc) is 2.68. The summed E-state index contributed by atoms with van der Waals surface area (Å²) in [6.07, 6.45) is 5.02. The first-order valence-corrected chi connectivity index (χ1v) is 8.99. The van der Waals surface area contributed by atoms with E-state index in [1.165, 1.54) is 6.42 Å². The fraction of sp³-hybridized carbons (Fsp3) is 0.333. The Morgan fingerprint density at radius 3 is 2.81 bits per heavy atom. The second-order valence-electron chi connectivity index (χ2n) is 6.26. The van der Waals surface area contributed by atoms with Gasteiger partial charge in [-0.15, -0.1) is 0 Å². The molecule has 26 heavy (non-hydrogen) atoms. The van der Waals surface area contributed by atoms with Gasteiger partial charge < -0.3 is 9.64 Å². The molecule has 4 rings (SSSR count). The molecule has 1 aliphatic rings. The van der Waals surface area contributed by atoms with Crippen LogP contribution in [0.15, 0.2) is 35.4 Å². The topological polar surface area (TPSA) is 76.0 Å². The minimum Gasteiger partial charge on any atom is -0.497 e. The number of nitrogens with zero attached hydrogens (tertiary/aromatic N) is 4. The number of hydrogen-bond donors (Lipinski definition) is 1. The molecule has 1 N–H and O–H groups in total. The van der Waals surface area contributed by atoms with Gasteiger partial charge >= 0.3 is 0 Å². The summed E-state index contributed by atoms with van der Waals surface area (Å²) in [7, 11) is 1.60. The number of ether oxygens (including phenoxy) is 1. The van der Waals surface area contributed by atoms with Crippen molar-refractivity contribution in [1.82, 2.24) is 19.5 Å². The van der Waals surface area contributed by atoms with Crippen LogP contribution in [0.2, 0.25) is 0 Å². The third-order valence-electron chi connectivity index (χ3n) is 4.60. The van der Waals surface area contributed by atoms with Gasteiger partial charge in [-0.25, -0.2) is 4.98 Å². The zero-order valence-corrected chi connectivity index (χ0v) is 15.3. The van der Waals surface area contributed by atoms with Gasteiger partial charge in [0, 0.05) is 19.2 Å². The Hall–Kier alpha value is -2.74. The Morgan fingerprint density at radius 2 is 2.04 bits per heavy atom. The second kappa shape index (κ2) is 6.87. The van der Waals surface area contributed by atoms with E-state index in [9.17, 15) is 4.79 Å². The Bertz CT molecular complexity index is 1070. The number of methoxy groups -OCH3 is 1. The van der Waals surface area contributed by atoms with Crippen molar-refractivity contribution in [2.75, 3.05) is 25.1 Å². The molecule has 0 amide bonds. The molecular weight excluding hydrogens is 350 g/mol. The molecule has 1 fully saturated rings. The molecule has 134 valence electrons. The van der Waals surface area contributed by atoms with E-state index in [0.717, 1.165) is 31.6 Å². The van der Waals surface area contributed by atoms with Gasteiger partial charge in [-0.1, -0.05) is 18.3 Å². The predicted molar refractivity (Wildman–Crippen MR) is 103 cm³/mol. The molecule has 8 heteroatoms. The first kappa shape index (κ1) is 16.7. The molecule has 7 nitrogen and oxygen atoms in total. The highest BCUT2D eigenvalue weighted by atomic mass is 32.1. The first-order valence-electron chi connectivity index (χ1n) is 8.58. The van der Waals surface area contributed by atoms with Crippen molar-refractivity contribution in [2.24, 2.45) is 0 Å². The van der Waals surface area contributed by atoms with Crippen molar-refractivity contribution in [2.45, 2.75) is 19.3 Å². The molecule has 3 heterocycles. The van der Waals surface area contributed by atoms with Crippen LogP contribution in [0.3, 0.4) is 0 Å². The summed E-state index contributed by atoms with van der Waals surface area (Å²) in [6, 6.07) is 7.44. The van der Waals surface area contributed by atoms with Gasteiger partial charge in [-0.3, -0.25) is 14.3 Å². The van der Waals surface area contributed by atoms with Gasteiger partial charge in [0.25, 0.3) is 5.56 Å². The van der Waals surface area contributed by atoms with Crippen LogP contribution in [0.25, 0.3) is 16.7 Å². The normalized spacial score (nSPS) is 14.6. The lowest BCUT2D eigenvalue weighted by Crippen LogP contribution is -2.32. The lowest BCUT2D eigenvalue weighted by molar-refractivity contribution is 0.414. The van der Waals surface area contributed by atoms with E-state index in [4.69, 9.17) is 17.0 Å². The molecule has 0 atom stereocenters. The van der Waals surface area contributed by atoms with Crippen LogP contribution in [-0.4, -0.2) is 39.7 Å². The molecule has 0 aliphatic carbocycles. The van der Waals surface area contributed by atoms with Crippen LogP contribution in [0, 0.1) is 4.64 Å². The summed E-state index contributed by atoms with van der Waals surface area (Å²) in [5.41, 5.74) is 0.895. The van der Waals surface area contributed by atoms with E-state index in [1.807, 2.05) is 24.3 Å². The van der Waals surface area contributed by atoms with Crippen molar-refractivity contribution in [1.29, 1.82) is 0 Å². The van der Waals surface area contributed by atoms with Gasteiger partial charge in [-0.05, 0) is 31.4 Å². The van der Waals surface area contributed by atoms with Crippen molar-refractivity contribution in [3.63, 3.8) is 0 Å². The summed E-state index contributed by atoms with van der Waals surface area (Å²) in [4.78, 5) is 26.6. The van der Waals surface area contributed by atoms with Crippen LogP contribution in [0.1, 0.15) is 19.3 Å². The van der Waals surface area contributed by atoms with Crippen molar-refractivity contribution in [3.8, 4) is 11.4 Å². The predicted octanol–water partition coefficient (Wildman–Crippen LogP) is 2.84. The van der Waals surface area contributed by atoms with Crippen LogP contribution < -0.4 is 15.2 Å². The molecule has 3 aromatic rings. The monoisotopic (exact) mass is 369 g/mol. The van der Waals surface area contributed by atoms with Gasteiger partial charge in [0.05, 0.1) is 12.8 Å². The minimum atomic E-state index is -0.259. The standard InChI is InChI=1S/C18H19N5O2S/c1-25-13-7-5-6-12(10-13)23-11-19-15-14(17(23)26)16(24)21-18(20-15)22-8-3-2-4-9-22/h5-7,10-11H,2-4,8-9H2,1H3,(H,20,21,24). The molecule has 0 saturated carbocycles. The third-order valence-corrected chi connectivity index (χ3v) is 5.00. The Balaban J connectivity index is 1.84. The smallest absolute Gasteiger partial charge is 0.264 e. The number of hydrogen-bond acceptors (Lipinski definition) is 6. The Kier molecular flexibility index (Phi) is 4.42. The lowest BCUT2D eigenvalue weighted by atomic mass is 10.1. The van der Waals surface area contributed by atoms with Gasteiger partial charge in [0.2, 0.25) is 5.95 Å². The van der Waals surface area contributed by atoms with E-state index in [2.05, 4.69) is 19.9 Å². The van der Waals surface area contributed by atoms with E-state index in [-0.39, 0.29) is 5.56 Å². The fourth-order valence-electron chi connectivity index (χ4n) is 3.22. The number of H-pyrrole nitrogens is 1. The number of fused-ring (bicyclic) bond motifs is 1. The summed E-state index contributed by atoms with van der Waals surface area (Å²) < 4.78 is 7.33. The van der Waals surface area contributed by atoms with E-state index in [1.54, 1.807) is 18.0 Å². The Morgan fingerprint density at radius 1 is 1.23 bits per heavy atom. The Labute approximate surface area is 155 Å². The van der Waals surface area contributed by atoms with Crippen molar-refractivity contribution >= 4 is 29.2 Å². The highest BCUT2D eigenvalue weighted by Gasteiger charge is 2.16. The molecule has 1 aromatic carbocycles. The summed E-state index contributed by atoms with van der Waals surface area (Å²) >= 11 is 5.55. The highest BCUT2D eigenvalue weighted by molar-refractivity contribution is 7.71. The third kappa shape index (κ3) is 2.96. The average molecular weight is 369 g/mol. The number of nitrogens with one attached hydrogen (secondary N) is 1. The fourth-order valence-corrected chi connectivity index (χ4v) is 3.56. The molecule has 0 unspecified atom stereocenters. The number of benzene rings is 1. The molecular formula is C18H19N5O2S. The number of aromatic nitrogens is 4. The molecule has 2 aromatic heterocycles. The van der Waals surface area contributed by atoms with Crippen molar-refractivity contribution < 1.29 is 4.74 Å². The number of anilines is 1. The lowest BCUT2D eigenvalue weighted by Gasteiger charge is -2.26. The quantitative estimate of drug-likeness (QED) is 0.716. The van der Waals surface area contributed by atoms with Gasteiger partial charge in [0.1, 0.15) is 22.1 Å². The highest BCUT2D eigenvalue weighted by Crippen LogP contribution is 2.20. The van der Waals surface area contributed by atoms with E-state index in [0.29, 0.717) is 27.4 Å². The largest absolute Gasteiger partial charge is 0.497 e. The first-order chi connectivity index (χ1) is 12.7. The maximum atomic E-state index is 12.7. The maximum absolute atomic E-state index is 12.7. The molecule has 0 bridgehead atoms. The number of aromatic amines is 1. The van der Waals surface area contributed by atoms with Crippen LogP contribution in [0.5, 0.6) is 5.75 Å². The summed E-state index contributed by atoms with van der Waals surface area (Å²) in [6.45, 7) is 1.79. The number of rotatable bonds is 3. The minimum absolute atomic E-state index is 0.259. The molecule has 0 spiro atoms. The van der Waals surface area contributed by atoms with Crippen LogP contribution in [0.4, 0.5) is 5.95 Å². The molecule has 0 radical (unpaired) electrons. The van der Waals surface area contributed by atoms with E-state index >= 15 is 0 Å². The maximum Gasteiger partial charge on any atom is 0.264 e. The van der Waals surface area contributed by atoms with Crippen LogP contribution >= 0.6 is 12.2 Å². The van der Waals surface area contributed by atoms with Gasteiger partial charge in [0.15, 0.2) is 5.65 Å². The van der Waals surface area contributed by atoms with Crippen molar-refractivity contribution in [3.05, 3.63) is 45.6 Å². The zero-order valence-electron chi connectivity index (χ0n) is 14.4. The summed E-state index contributed by atoms with van der Waals surface area (Å²) in [5, 5.41) is 0.325. The van der Waals surface area contributed by atoms with Gasteiger partial charge in [-0.2, -0.15) is 4.98 Å². The van der Waals surface area contributed by atoms with Crippen LogP contribution in [-0.2, 0) is 0 Å². The second-order valence-corrected chi connectivity index (χ2v) is 6.64. The SMILES string of the molecule is COc1cccc(-n2cnc3nc(N4CCCCC4)[nH]c(=O)c3c2=S)c1. The molecule has 1 aliphatic heterocycles.